The lowest BCUT2D eigenvalue weighted by atomic mass is 9.76. The van der Waals surface area contributed by atoms with Crippen molar-refractivity contribution in [3.8, 4) is 11.8 Å². The minimum Gasteiger partial charge on any atom is -0.319 e. The van der Waals surface area contributed by atoms with Crippen LogP contribution in [-0.2, 0) is 23.3 Å². The molecule has 5 rings (SSSR count). The fraction of sp³-hybridized carbons (Fsp3) is 0.250. The molecule has 2 aliphatic rings. The molecule has 7 nitrogen and oxygen atoms in total. The summed E-state index contributed by atoms with van der Waals surface area (Å²) in [6.45, 7) is 1.74. The van der Waals surface area contributed by atoms with Gasteiger partial charge in [0.2, 0.25) is 0 Å². The monoisotopic (exact) mass is 411 g/mol. The fourth-order valence-electron chi connectivity index (χ4n) is 4.75. The topological polar surface area (TPSA) is 91.0 Å². The summed E-state index contributed by atoms with van der Waals surface area (Å²) in [7, 11) is 0. The Hall–Kier alpha value is -3.92. The number of imide groups is 1. The van der Waals surface area contributed by atoms with E-state index in [-0.39, 0.29) is 12.5 Å². The summed E-state index contributed by atoms with van der Waals surface area (Å²) < 4.78 is 1.65. The third kappa shape index (κ3) is 2.83. The number of nitriles is 1. The van der Waals surface area contributed by atoms with Crippen molar-refractivity contribution in [1.82, 2.24) is 20.0 Å². The molecule has 1 aliphatic carbocycles. The van der Waals surface area contributed by atoms with E-state index in [1.807, 2.05) is 54.6 Å². The van der Waals surface area contributed by atoms with Gasteiger partial charge in [-0.05, 0) is 49.4 Å². The number of aromatic nitrogens is 2. The van der Waals surface area contributed by atoms with Gasteiger partial charge in [0.05, 0.1) is 29.2 Å². The number of fused-ring (bicyclic) bond motifs is 2. The first kappa shape index (κ1) is 19.1. The molecule has 7 heteroatoms. The molecule has 31 heavy (non-hydrogen) atoms. The SMILES string of the molecule is Cc1nn(-c2ccccc2)c(CN2C(=O)NC3(CCCc4ccccc43)C2=O)c1C#N. The van der Waals surface area contributed by atoms with E-state index in [2.05, 4.69) is 16.5 Å². The Kier molecular flexibility index (Phi) is 4.36. The predicted molar refractivity (Wildman–Crippen MR) is 113 cm³/mol. The predicted octanol–water partition coefficient (Wildman–Crippen LogP) is 3.34. The highest BCUT2D eigenvalue weighted by atomic mass is 16.2. The Balaban J connectivity index is 1.57. The van der Waals surface area contributed by atoms with Gasteiger partial charge in [-0.1, -0.05) is 42.5 Å². The maximum Gasteiger partial charge on any atom is 0.325 e. The van der Waals surface area contributed by atoms with Crippen LogP contribution in [0.15, 0.2) is 54.6 Å². The van der Waals surface area contributed by atoms with Gasteiger partial charge in [0.1, 0.15) is 11.6 Å². The number of rotatable bonds is 3. The van der Waals surface area contributed by atoms with Crippen molar-refractivity contribution in [3.63, 3.8) is 0 Å². The smallest absolute Gasteiger partial charge is 0.319 e. The van der Waals surface area contributed by atoms with E-state index >= 15 is 0 Å². The number of aryl methyl sites for hydroxylation is 2. The van der Waals surface area contributed by atoms with Crippen LogP contribution >= 0.6 is 0 Å². The summed E-state index contributed by atoms with van der Waals surface area (Å²) in [6, 6.07) is 19.0. The summed E-state index contributed by atoms with van der Waals surface area (Å²) in [6.07, 6.45) is 2.27. The van der Waals surface area contributed by atoms with Crippen LogP contribution < -0.4 is 5.32 Å². The van der Waals surface area contributed by atoms with E-state index in [1.54, 1.807) is 11.6 Å². The molecule has 1 atom stereocenters. The third-order valence-corrected chi connectivity index (χ3v) is 6.23. The zero-order valence-corrected chi connectivity index (χ0v) is 17.1. The lowest BCUT2D eigenvalue weighted by molar-refractivity contribution is -0.132. The second-order valence-electron chi connectivity index (χ2n) is 8.00. The molecule has 3 aromatic rings. The van der Waals surface area contributed by atoms with Gasteiger partial charge in [-0.25, -0.2) is 9.48 Å². The number of nitrogens with one attached hydrogen (secondary N) is 1. The molecule has 1 saturated heterocycles. The molecule has 2 aromatic carbocycles. The van der Waals surface area contributed by atoms with Gasteiger partial charge in [0.15, 0.2) is 0 Å². The maximum absolute atomic E-state index is 13.6. The summed E-state index contributed by atoms with van der Waals surface area (Å²) in [5.74, 6) is -0.271. The van der Waals surface area contributed by atoms with E-state index in [1.165, 1.54) is 4.90 Å². The molecule has 0 bridgehead atoms. The lowest BCUT2D eigenvalue weighted by Gasteiger charge is -2.33. The molecule has 2 heterocycles. The highest BCUT2D eigenvalue weighted by Gasteiger charge is 2.54. The molecular formula is C24H21N5O2. The fourth-order valence-corrected chi connectivity index (χ4v) is 4.75. The molecule has 0 radical (unpaired) electrons. The number of hydrogen-bond donors (Lipinski definition) is 1. The quantitative estimate of drug-likeness (QED) is 0.669. The number of carbonyl (C=O) groups excluding carboxylic acids is 2. The number of amides is 3. The third-order valence-electron chi connectivity index (χ3n) is 6.23. The summed E-state index contributed by atoms with van der Waals surface area (Å²) in [5.41, 5.74) is 3.16. The van der Waals surface area contributed by atoms with E-state index in [9.17, 15) is 14.9 Å². The highest BCUT2D eigenvalue weighted by Crippen LogP contribution is 2.40. The first-order chi connectivity index (χ1) is 15.0. The number of benzene rings is 2. The molecule has 1 aliphatic heterocycles. The zero-order valence-electron chi connectivity index (χ0n) is 17.1. The van der Waals surface area contributed by atoms with Gasteiger partial charge >= 0.3 is 6.03 Å². The van der Waals surface area contributed by atoms with Crippen LogP contribution in [0.2, 0.25) is 0 Å². The highest BCUT2D eigenvalue weighted by molar-refractivity contribution is 6.07. The number of para-hydroxylation sites is 1. The van der Waals surface area contributed by atoms with Crippen LogP contribution in [-0.4, -0.2) is 26.6 Å². The van der Waals surface area contributed by atoms with Gasteiger partial charge in [0, 0.05) is 0 Å². The average Bonchev–Trinajstić information content (AvgIpc) is 3.23. The van der Waals surface area contributed by atoms with Crippen LogP contribution in [0.1, 0.15) is 40.9 Å². The second-order valence-corrected chi connectivity index (χ2v) is 8.00. The molecule has 1 fully saturated rings. The van der Waals surface area contributed by atoms with E-state index in [0.29, 0.717) is 23.4 Å². The van der Waals surface area contributed by atoms with Crippen molar-refractivity contribution >= 4 is 11.9 Å². The second kappa shape index (κ2) is 7.10. The standard InChI is InChI=1S/C24H21N5O2/c1-16-19(14-25)21(29(27-16)18-10-3-2-4-11-18)15-28-22(30)24(26-23(28)31)13-7-9-17-8-5-6-12-20(17)24/h2-6,8,10-12H,7,9,13,15H2,1H3,(H,26,31). The first-order valence-electron chi connectivity index (χ1n) is 10.3. The Labute approximate surface area is 179 Å². The van der Waals surface area contributed by atoms with Crippen molar-refractivity contribution in [2.24, 2.45) is 0 Å². The molecule has 1 unspecified atom stereocenters. The molecule has 154 valence electrons. The minimum absolute atomic E-state index is 0.0206. The molecular weight excluding hydrogens is 390 g/mol. The van der Waals surface area contributed by atoms with Crippen molar-refractivity contribution in [3.05, 3.63) is 82.7 Å². The lowest BCUT2D eigenvalue weighted by Crippen LogP contribution is -2.46. The maximum atomic E-state index is 13.6. The zero-order chi connectivity index (χ0) is 21.6. The number of hydrogen-bond acceptors (Lipinski definition) is 4. The normalized spacial score (nSPS) is 19.9. The molecule has 1 spiro atoms. The van der Waals surface area contributed by atoms with E-state index in [4.69, 9.17) is 0 Å². The van der Waals surface area contributed by atoms with Gasteiger partial charge < -0.3 is 5.32 Å². The number of urea groups is 1. The molecule has 1 aromatic heterocycles. The van der Waals surface area contributed by atoms with E-state index < -0.39 is 11.6 Å². The molecule has 0 saturated carbocycles. The van der Waals surface area contributed by atoms with Crippen LogP contribution in [0.4, 0.5) is 4.79 Å². The molecule has 3 amide bonds. The summed E-state index contributed by atoms with van der Waals surface area (Å²) >= 11 is 0. The van der Waals surface area contributed by atoms with Crippen LogP contribution in [0.3, 0.4) is 0 Å². The van der Waals surface area contributed by atoms with Crippen molar-refractivity contribution < 1.29 is 9.59 Å². The number of carbonyl (C=O) groups is 2. The Morgan fingerprint density at radius 2 is 1.87 bits per heavy atom. The number of nitrogens with zero attached hydrogens (tertiary/aromatic N) is 4. The van der Waals surface area contributed by atoms with E-state index in [0.717, 1.165) is 29.7 Å². The summed E-state index contributed by atoms with van der Waals surface area (Å²) in [5, 5.41) is 17.2. The van der Waals surface area contributed by atoms with Gasteiger partial charge in [0.25, 0.3) is 5.91 Å². The molecule has 1 N–H and O–H groups in total. The van der Waals surface area contributed by atoms with Crippen LogP contribution in [0, 0.1) is 18.3 Å². The Morgan fingerprint density at radius 3 is 2.65 bits per heavy atom. The van der Waals surface area contributed by atoms with Gasteiger partial charge in [-0.3, -0.25) is 9.69 Å². The van der Waals surface area contributed by atoms with Crippen molar-refractivity contribution in [1.29, 1.82) is 5.26 Å². The van der Waals surface area contributed by atoms with Gasteiger partial charge in [-0.15, -0.1) is 0 Å². The van der Waals surface area contributed by atoms with Crippen LogP contribution in [0.25, 0.3) is 5.69 Å². The largest absolute Gasteiger partial charge is 0.325 e. The van der Waals surface area contributed by atoms with Crippen molar-refractivity contribution in [2.75, 3.05) is 0 Å². The van der Waals surface area contributed by atoms with Gasteiger partial charge in [-0.2, -0.15) is 10.4 Å². The summed E-state index contributed by atoms with van der Waals surface area (Å²) in [4.78, 5) is 27.9. The van der Waals surface area contributed by atoms with Crippen molar-refractivity contribution in [2.45, 2.75) is 38.3 Å². The first-order valence-corrected chi connectivity index (χ1v) is 10.3. The average molecular weight is 411 g/mol. The Bertz CT molecular complexity index is 1240. The minimum atomic E-state index is -1.04. The van der Waals surface area contributed by atoms with Crippen LogP contribution in [0.5, 0.6) is 0 Å². The Morgan fingerprint density at radius 1 is 1.13 bits per heavy atom.